The van der Waals surface area contributed by atoms with Crippen LogP contribution in [0.3, 0.4) is 0 Å². The second-order valence-corrected chi connectivity index (χ2v) is 8.56. The lowest BCUT2D eigenvalue weighted by molar-refractivity contribution is -0.118. The predicted molar refractivity (Wildman–Crippen MR) is 134 cm³/mol. The molecule has 8 heteroatoms. The third-order valence-corrected chi connectivity index (χ3v) is 5.58. The van der Waals surface area contributed by atoms with Gasteiger partial charge in [0.2, 0.25) is 0 Å². The van der Waals surface area contributed by atoms with Crippen molar-refractivity contribution in [3.8, 4) is 11.8 Å². The maximum absolute atomic E-state index is 12.4. The maximum Gasteiger partial charge on any atom is 0.262 e. The number of hydrogen-bond acceptors (Lipinski definition) is 4. The zero-order chi connectivity index (χ0) is 23.6. The molecule has 0 aliphatic carbocycles. The molecule has 6 nitrogen and oxygen atoms in total. The molecular formula is C25H19Br2N3O3. The quantitative estimate of drug-likeness (QED) is 0.279. The summed E-state index contributed by atoms with van der Waals surface area (Å²) in [7, 11) is 0. The number of halogens is 2. The van der Waals surface area contributed by atoms with E-state index in [-0.39, 0.29) is 18.1 Å². The second kappa shape index (κ2) is 12.0. The van der Waals surface area contributed by atoms with Gasteiger partial charge >= 0.3 is 0 Å². The molecule has 0 radical (unpaired) electrons. The minimum Gasteiger partial charge on any atom is -0.481 e. The fourth-order valence-corrected chi connectivity index (χ4v) is 4.30. The Morgan fingerprint density at radius 1 is 0.970 bits per heavy atom. The summed E-state index contributed by atoms with van der Waals surface area (Å²) >= 11 is 6.85. The van der Waals surface area contributed by atoms with E-state index in [0.717, 1.165) is 5.56 Å². The first-order chi connectivity index (χ1) is 16.0. The van der Waals surface area contributed by atoms with Crippen LogP contribution in [0.25, 0.3) is 6.08 Å². The number of anilines is 1. The molecule has 166 valence electrons. The third kappa shape index (κ3) is 7.31. The number of nitrogens with one attached hydrogen (secondary N) is 2. The van der Waals surface area contributed by atoms with Gasteiger partial charge in [-0.3, -0.25) is 9.59 Å². The lowest BCUT2D eigenvalue weighted by Gasteiger charge is -2.12. The van der Waals surface area contributed by atoms with Crippen LogP contribution in [0, 0.1) is 11.3 Å². The second-order valence-electron chi connectivity index (χ2n) is 6.85. The van der Waals surface area contributed by atoms with Crippen LogP contribution in [0.1, 0.15) is 11.1 Å². The van der Waals surface area contributed by atoms with Gasteiger partial charge in [0.05, 0.1) is 8.95 Å². The molecule has 2 amide bonds. The van der Waals surface area contributed by atoms with E-state index >= 15 is 0 Å². The topological polar surface area (TPSA) is 91.2 Å². The van der Waals surface area contributed by atoms with Crippen LogP contribution in [-0.2, 0) is 16.1 Å². The number of para-hydroxylation sites is 1. The first-order valence-corrected chi connectivity index (χ1v) is 11.5. The first kappa shape index (κ1) is 24.2. The number of carbonyl (C=O) groups is 2. The van der Waals surface area contributed by atoms with E-state index in [9.17, 15) is 14.9 Å². The first-order valence-electron chi connectivity index (χ1n) is 9.87. The molecule has 0 spiro atoms. The Morgan fingerprint density at radius 2 is 1.58 bits per heavy atom. The number of ether oxygens (including phenoxy) is 1. The number of rotatable bonds is 8. The lowest BCUT2D eigenvalue weighted by Crippen LogP contribution is -2.23. The van der Waals surface area contributed by atoms with E-state index in [0.29, 0.717) is 32.5 Å². The standard InChI is InChI=1S/C25H19Br2N3O3/c26-21-12-18(11-19(14-28)25(32)29-15-17-7-3-1-4-8-17)13-22(27)24(21)33-16-23(31)30-20-9-5-2-6-10-20/h1-13H,15-16H2,(H,29,32)(H,30,31)/b19-11+. The van der Waals surface area contributed by atoms with Crippen molar-refractivity contribution in [3.05, 3.63) is 98.4 Å². The van der Waals surface area contributed by atoms with Crippen molar-refractivity contribution in [2.45, 2.75) is 6.54 Å². The highest BCUT2D eigenvalue weighted by atomic mass is 79.9. The van der Waals surface area contributed by atoms with Gasteiger partial charge in [-0.2, -0.15) is 5.26 Å². The minimum absolute atomic E-state index is 0.0272. The van der Waals surface area contributed by atoms with E-state index in [1.165, 1.54) is 6.08 Å². The summed E-state index contributed by atoms with van der Waals surface area (Å²) in [5.74, 6) is -0.334. The van der Waals surface area contributed by atoms with Gasteiger partial charge in [0, 0.05) is 12.2 Å². The van der Waals surface area contributed by atoms with Crippen molar-refractivity contribution in [2.75, 3.05) is 11.9 Å². The molecule has 0 atom stereocenters. The summed E-state index contributed by atoms with van der Waals surface area (Å²) in [6.45, 7) is 0.135. The molecule has 0 unspecified atom stereocenters. The van der Waals surface area contributed by atoms with Crippen molar-refractivity contribution in [3.63, 3.8) is 0 Å². The van der Waals surface area contributed by atoms with Gasteiger partial charge in [-0.15, -0.1) is 0 Å². The molecule has 0 aliphatic rings. The summed E-state index contributed by atoms with van der Waals surface area (Å²) in [6, 6.07) is 23.9. The number of hydrogen-bond donors (Lipinski definition) is 2. The van der Waals surface area contributed by atoms with E-state index in [4.69, 9.17) is 4.74 Å². The third-order valence-electron chi connectivity index (χ3n) is 4.40. The lowest BCUT2D eigenvalue weighted by atomic mass is 10.1. The van der Waals surface area contributed by atoms with Gasteiger partial charge in [-0.05, 0) is 73.3 Å². The normalized spacial score (nSPS) is 10.8. The van der Waals surface area contributed by atoms with E-state index in [1.54, 1.807) is 24.3 Å². The maximum atomic E-state index is 12.4. The monoisotopic (exact) mass is 567 g/mol. The van der Waals surface area contributed by atoms with Gasteiger partial charge in [-0.25, -0.2) is 0 Å². The Kier molecular flexibility index (Phi) is 8.81. The van der Waals surface area contributed by atoms with Gasteiger partial charge in [-0.1, -0.05) is 48.5 Å². The summed E-state index contributed by atoms with van der Waals surface area (Å²) in [5, 5.41) is 14.9. The zero-order valence-corrected chi connectivity index (χ0v) is 20.5. The molecule has 0 saturated carbocycles. The van der Waals surface area contributed by atoms with Crippen LogP contribution >= 0.6 is 31.9 Å². The summed E-state index contributed by atoms with van der Waals surface area (Å²) in [5.41, 5.74) is 2.20. The van der Waals surface area contributed by atoms with Crippen LogP contribution in [0.5, 0.6) is 5.75 Å². The largest absolute Gasteiger partial charge is 0.481 e. The van der Waals surface area contributed by atoms with Crippen LogP contribution in [0.15, 0.2) is 87.3 Å². The number of amides is 2. The van der Waals surface area contributed by atoms with Crippen LogP contribution in [-0.4, -0.2) is 18.4 Å². The molecule has 3 rings (SSSR count). The van der Waals surface area contributed by atoms with Gasteiger partial charge in [0.25, 0.3) is 11.8 Å². The molecule has 2 N–H and O–H groups in total. The van der Waals surface area contributed by atoms with Gasteiger partial charge in [0.1, 0.15) is 17.4 Å². The van der Waals surface area contributed by atoms with Crippen molar-refractivity contribution >= 4 is 55.4 Å². The highest BCUT2D eigenvalue weighted by molar-refractivity contribution is 9.11. The summed E-state index contributed by atoms with van der Waals surface area (Å²) in [6.07, 6.45) is 1.49. The van der Waals surface area contributed by atoms with Crippen LogP contribution in [0.4, 0.5) is 5.69 Å². The molecule has 0 aliphatic heterocycles. The molecule has 33 heavy (non-hydrogen) atoms. The molecule has 0 heterocycles. The Labute approximate surface area is 208 Å². The van der Waals surface area contributed by atoms with E-state index < -0.39 is 5.91 Å². The van der Waals surface area contributed by atoms with Crippen molar-refractivity contribution in [1.82, 2.24) is 5.32 Å². The fourth-order valence-electron chi connectivity index (χ4n) is 2.85. The summed E-state index contributed by atoms with van der Waals surface area (Å²) < 4.78 is 6.79. The molecule has 0 saturated heterocycles. The Balaban J connectivity index is 1.65. The number of nitriles is 1. The summed E-state index contributed by atoms with van der Waals surface area (Å²) in [4.78, 5) is 24.6. The molecule has 3 aromatic carbocycles. The van der Waals surface area contributed by atoms with Crippen molar-refractivity contribution < 1.29 is 14.3 Å². The minimum atomic E-state index is -0.466. The van der Waals surface area contributed by atoms with Crippen molar-refractivity contribution in [2.24, 2.45) is 0 Å². The number of nitrogens with zero attached hydrogens (tertiary/aromatic N) is 1. The SMILES string of the molecule is N#C/C(=C\c1cc(Br)c(OCC(=O)Nc2ccccc2)c(Br)c1)C(=O)NCc1ccccc1. The Bertz CT molecular complexity index is 1180. The fraction of sp³-hybridized carbons (Fsp3) is 0.0800. The highest BCUT2D eigenvalue weighted by Crippen LogP contribution is 2.35. The average molecular weight is 569 g/mol. The molecule has 3 aromatic rings. The van der Waals surface area contributed by atoms with E-state index in [1.807, 2.05) is 54.6 Å². The zero-order valence-electron chi connectivity index (χ0n) is 17.3. The molecule has 0 fully saturated rings. The molecule has 0 bridgehead atoms. The van der Waals surface area contributed by atoms with Gasteiger partial charge < -0.3 is 15.4 Å². The molecular weight excluding hydrogens is 550 g/mol. The Morgan fingerprint density at radius 3 is 2.18 bits per heavy atom. The highest BCUT2D eigenvalue weighted by Gasteiger charge is 2.13. The van der Waals surface area contributed by atoms with Crippen LogP contribution < -0.4 is 15.4 Å². The average Bonchev–Trinajstić information content (AvgIpc) is 2.81. The van der Waals surface area contributed by atoms with Crippen LogP contribution in [0.2, 0.25) is 0 Å². The predicted octanol–water partition coefficient (Wildman–Crippen LogP) is 5.45. The van der Waals surface area contributed by atoms with Crippen molar-refractivity contribution in [1.29, 1.82) is 5.26 Å². The van der Waals surface area contributed by atoms with E-state index in [2.05, 4.69) is 42.5 Å². The molecule has 0 aromatic heterocycles. The number of benzene rings is 3. The number of carbonyl (C=O) groups excluding carboxylic acids is 2. The van der Waals surface area contributed by atoms with Gasteiger partial charge in [0.15, 0.2) is 6.61 Å². The Hall–Kier alpha value is -3.41. The smallest absolute Gasteiger partial charge is 0.262 e.